The van der Waals surface area contributed by atoms with Crippen LogP contribution in [-0.4, -0.2) is 200 Å². The maximum Gasteiger partial charge on any atom is 0.328 e. The lowest BCUT2D eigenvalue weighted by Gasteiger charge is -2.45. The van der Waals surface area contributed by atoms with Crippen molar-refractivity contribution < 1.29 is 62.0 Å². The van der Waals surface area contributed by atoms with Crippen LogP contribution in [0.2, 0.25) is 0 Å². The number of carbonyl (C=O) groups is 8. The average molecular weight is 1560 g/mol. The number of hydrogen-bond acceptors (Lipinski definition) is 21. The standard InChI is InChI=1S/C82H90N14O14S2/c1-81(87-34-13-14-53-21-26-66(106-3)65(46-53)95-38-30-68(98)90-80(95)105)32-39-93(40-33-81)56-28-36-94(37-29-56)79-89-63-25-22-54(62-50-92(2)76(102)71-60(62)27-35-84-71)47-61(63)74(91-79)82(110-57-23-24-57,55-15-7-4-8-16-55)51-109-52-86-70(100)49-85-75(101)64(48-67(83)97)88-69(99)31-42-107-44-45-108-43-41-96-77(103)72(111-58-17-9-5-10-18-58)73(78(96)104)112-59-19-11-6-12-20-59/h4-12,15-22,25-27,35,46-47,50,56-57,64,84,87H,23-24,28-34,36-45,48-49,51-52H2,1-3H3,(H2,83,97)(H,85,101)(H,86,100)(H,88,99)(H,90,98,105)/t64?,82-/m0/s1. The van der Waals surface area contributed by atoms with Crippen molar-refractivity contribution in [3.63, 3.8) is 0 Å². The minimum atomic E-state index is -1.41. The Kier molecular flexibility index (Phi) is 25.9. The van der Waals surface area contributed by atoms with E-state index in [4.69, 9.17) is 39.4 Å². The molecular weight excluding hydrogens is 1470 g/mol. The van der Waals surface area contributed by atoms with Crippen LogP contribution in [-0.2, 0) is 65.2 Å². The highest BCUT2D eigenvalue weighted by Gasteiger charge is 2.46. The second-order valence-corrected chi connectivity index (χ2v) is 30.4. The lowest BCUT2D eigenvalue weighted by atomic mass is 9.87. The van der Waals surface area contributed by atoms with Crippen LogP contribution in [0.4, 0.5) is 16.4 Å². The first-order valence-corrected chi connectivity index (χ1v) is 39.1. The number of piperidine rings is 2. The molecule has 112 heavy (non-hydrogen) atoms. The third-order valence-electron chi connectivity index (χ3n) is 20.4. The summed E-state index contributed by atoms with van der Waals surface area (Å²) in [6.45, 7) is 5.23. The van der Waals surface area contributed by atoms with E-state index in [2.05, 4.69) is 60.1 Å². The first kappa shape index (κ1) is 79.3. The largest absolute Gasteiger partial charge is 0.495 e. The van der Waals surface area contributed by atoms with Crippen molar-refractivity contribution in [2.75, 3.05) is 109 Å². The summed E-state index contributed by atoms with van der Waals surface area (Å²) in [5.74, 6) is 3.46. The van der Waals surface area contributed by atoms with E-state index in [1.165, 1.54) is 33.3 Å². The monoisotopic (exact) mass is 1560 g/mol. The van der Waals surface area contributed by atoms with Gasteiger partial charge >= 0.3 is 6.03 Å². The zero-order valence-corrected chi connectivity index (χ0v) is 64.2. The van der Waals surface area contributed by atoms with Crippen molar-refractivity contribution in [1.82, 2.24) is 55.9 Å². The van der Waals surface area contributed by atoms with Gasteiger partial charge in [0.15, 0.2) is 5.60 Å². The molecule has 1 unspecified atom stereocenters. The zero-order chi connectivity index (χ0) is 78.3. The Morgan fingerprint density at radius 1 is 0.750 bits per heavy atom. The lowest BCUT2D eigenvalue weighted by molar-refractivity contribution is -0.138. The molecule has 4 fully saturated rings. The molecule has 3 aromatic heterocycles. The van der Waals surface area contributed by atoms with E-state index in [0.29, 0.717) is 75.0 Å². The Hall–Kier alpha value is -10.8. The predicted molar refractivity (Wildman–Crippen MR) is 424 cm³/mol. The van der Waals surface area contributed by atoms with E-state index in [0.717, 1.165) is 89.0 Å². The number of hydrogen-bond donors (Lipinski definition) is 7. The van der Waals surface area contributed by atoms with Crippen LogP contribution in [0.1, 0.15) is 81.5 Å². The third kappa shape index (κ3) is 19.4. The van der Waals surface area contributed by atoms with Crippen LogP contribution in [0.15, 0.2) is 170 Å². The van der Waals surface area contributed by atoms with Crippen LogP contribution < -0.4 is 52.4 Å². The Labute approximate surface area is 656 Å². The smallest absolute Gasteiger partial charge is 0.328 e. The zero-order valence-electron chi connectivity index (χ0n) is 62.6. The summed E-state index contributed by atoms with van der Waals surface area (Å²) < 4.78 is 32.3. The maximum atomic E-state index is 13.6. The molecule has 1 saturated carbocycles. The number of amides is 9. The molecule has 0 spiro atoms. The number of aryl methyl sites for hydroxylation is 1. The molecule has 4 aliphatic heterocycles. The van der Waals surface area contributed by atoms with Gasteiger partial charge in [0.1, 0.15) is 24.0 Å². The number of aromatic nitrogens is 4. The molecule has 1 aliphatic carbocycles. The van der Waals surface area contributed by atoms with Gasteiger partial charge in [-0.25, -0.2) is 14.8 Å². The molecule has 0 radical (unpaired) electrons. The van der Waals surface area contributed by atoms with Gasteiger partial charge in [-0.15, -0.1) is 0 Å². The van der Waals surface area contributed by atoms with Crippen LogP contribution in [0.25, 0.3) is 32.9 Å². The third-order valence-corrected chi connectivity index (χ3v) is 22.7. The van der Waals surface area contributed by atoms with Gasteiger partial charge in [-0.05, 0) is 117 Å². The molecule has 13 rings (SSSR count). The molecule has 28 nitrogen and oxygen atoms in total. The highest BCUT2D eigenvalue weighted by molar-refractivity contribution is 8.08. The topological polar surface area (TPSA) is 345 Å². The molecule has 5 aliphatic rings. The number of anilines is 2. The van der Waals surface area contributed by atoms with Gasteiger partial charge < -0.3 is 70.0 Å². The number of carbonyl (C=O) groups excluding carboxylic acids is 8. The number of fused-ring (bicyclic) bond motifs is 2. The molecule has 9 amide bonds. The van der Waals surface area contributed by atoms with Gasteiger partial charge in [0.2, 0.25) is 35.5 Å². The van der Waals surface area contributed by atoms with Crippen molar-refractivity contribution in [3.8, 4) is 28.7 Å². The molecule has 30 heteroatoms. The van der Waals surface area contributed by atoms with E-state index in [-0.39, 0.29) is 88.8 Å². The van der Waals surface area contributed by atoms with Crippen molar-refractivity contribution in [2.24, 2.45) is 12.8 Å². The number of benzene rings is 5. The van der Waals surface area contributed by atoms with Gasteiger partial charge in [-0.3, -0.25) is 53.5 Å². The Bertz CT molecular complexity index is 4900. The Balaban J connectivity index is 0.622. The lowest BCUT2D eigenvalue weighted by Crippen LogP contribution is -2.55. The van der Waals surface area contributed by atoms with Crippen molar-refractivity contribution >= 4 is 104 Å². The van der Waals surface area contributed by atoms with E-state index >= 15 is 0 Å². The Morgan fingerprint density at radius 3 is 2.11 bits per heavy atom. The van der Waals surface area contributed by atoms with Crippen LogP contribution in [0.3, 0.4) is 0 Å². The first-order valence-electron chi connectivity index (χ1n) is 37.5. The number of methoxy groups -OCH3 is 1. The maximum absolute atomic E-state index is 13.6. The molecule has 584 valence electrons. The number of nitrogens with zero attached hydrogens (tertiary/aromatic N) is 7. The second-order valence-electron chi connectivity index (χ2n) is 28.3. The van der Waals surface area contributed by atoms with Crippen molar-refractivity contribution in [3.05, 3.63) is 183 Å². The molecule has 5 aromatic carbocycles. The van der Waals surface area contributed by atoms with Crippen LogP contribution >= 0.6 is 23.5 Å². The summed E-state index contributed by atoms with van der Waals surface area (Å²) >= 11 is 2.48. The highest BCUT2D eigenvalue weighted by Crippen LogP contribution is 2.46. The van der Waals surface area contributed by atoms with E-state index < -0.39 is 66.1 Å². The van der Waals surface area contributed by atoms with Gasteiger partial charge in [-0.2, -0.15) is 0 Å². The molecule has 7 heterocycles. The molecule has 8 N–H and O–H groups in total. The van der Waals surface area contributed by atoms with E-state index in [1.54, 1.807) is 31.0 Å². The summed E-state index contributed by atoms with van der Waals surface area (Å²) in [6, 6.07) is 40.2. The fourth-order valence-electron chi connectivity index (χ4n) is 14.1. The minimum Gasteiger partial charge on any atom is -0.495 e. The highest BCUT2D eigenvalue weighted by atomic mass is 32.2. The average Bonchev–Trinajstić information content (AvgIpc) is 1.09. The van der Waals surface area contributed by atoms with Gasteiger partial charge in [0.25, 0.3) is 17.4 Å². The summed E-state index contributed by atoms with van der Waals surface area (Å²) in [7, 11) is 3.26. The fourth-order valence-corrected chi connectivity index (χ4v) is 16.2. The molecule has 3 saturated heterocycles. The number of H-pyrrole nitrogens is 1. The number of pyridine rings is 1. The number of primary amides is 1. The minimum absolute atomic E-state index is 0.00672. The molecule has 0 bridgehead atoms. The summed E-state index contributed by atoms with van der Waals surface area (Å²) in [6.07, 6.45) is 8.00. The van der Waals surface area contributed by atoms with E-state index in [1.807, 2.05) is 134 Å². The Morgan fingerprint density at radius 2 is 1.44 bits per heavy atom. The van der Waals surface area contributed by atoms with Gasteiger partial charge in [-0.1, -0.05) is 108 Å². The van der Waals surface area contributed by atoms with Gasteiger partial charge in [0, 0.05) is 108 Å². The normalized spacial score (nSPS) is 16.9. The van der Waals surface area contributed by atoms with Gasteiger partial charge in [0.05, 0.1) is 99.0 Å². The van der Waals surface area contributed by atoms with Crippen molar-refractivity contribution in [1.29, 1.82) is 0 Å². The van der Waals surface area contributed by atoms with Crippen LogP contribution in [0, 0.1) is 11.8 Å². The van der Waals surface area contributed by atoms with Crippen LogP contribution in [0.5, 0.6) is 5.75 Å². The molecular formula is C82H90N14O14S2. The number of imide groups is 2. The first-order chi connectivity index (χ1) is 54.3. The number of ether oxygens (including phenoxy) is 5. The summed E-state index contributed by atoms with van der Waals surface area (Å²) in [5.41, 5.74) is 9.13. The number of aromatic amines is 1. The van der Waals surface area contributed by atoms with E-state index in [9.17, 15) is 43.2 Å². The molecule has 8 aromatic rings. The molecule has 2 atom stereocenters. The SMILES string of the molecule is COc1ccc(C#CCNC2(C)CCN(C3CCN(c4nc([C@@](COCNC(=O)CNC(=O)C(CC(N)=O)NC(=O)CCOCCOCCN5C(=O)C(Sc6ccccc6)=C(Sc6ccccc6)C5=O)(OC5CC5)c5ccccc5)c5cc(-c6cn(C)c(=O)c7[nH]ccc67)ccc5n4)CC3)CC2)cc1N1CCC(=O)NC1=O. The quantitative estimate of drug-likeness (QED) is 0.00926. The summed E-state index contributed by atoms with van der Waals surface area (Å²) in [5, 5.41) is 15.3. The number of urea groups is 1. The van der Waals surface area contributed by atoms with Crippen molar-refractivity contribution in [2.45, 2.75) is 104 Å². The number of likely N-dealkylation sites (tertiary alicyclic amines) is 1. The predicted octanol–water partition coefficient (Wildman–Crippen LogP) is 6.97. The number of thioether (sulfide) groups is 2. The fraction of sp³-hybridized carbons (Fsp3) is 0.378. The number of nitrogens with two attached hydrogens (primary N) is 1. The number of rotatable bonds is 34. The number of nitrogens with one attached hydrogen (secondary N) is 6. The summed E-state index contributed by atoms with van der Waals surface area (Å²) in [4.78, 5) is 142. The second kappa shape index (κ2) is 36.6.